The van der Waals surface area contributed by atoms with E-state index in [1.54, 1.807) is 0 Å². The van der Waals surface area contributed by atoms with E-state index in [0.717, 1.165) is 25.9 Å². The minimum atomic E-state index is -0.866. The van der Waals surface area contributed by atoms with Gasteiger partial charge in [-0.1, -0.05) is 24.3 Å². The molecule has 138 valence electrons. The van der Waals surface area contributed by atoms with Crippen LogP contribution in [0, 0.1) is 0 Å². The molecule has 0 N–H and O–H groups in total. The van der Waals surface area contributed by atoms with Gasteiger partial charge in [0.05, 0.1) is 12.2 Å². The first-order chi connectivity index (χ1) is 12.6. The van der Waals surface area contributed by atoms with Gasteiger partial charge in [0, 0.05) is 48.2 Å². The molecule has 2 fully saturated rings. The number of nitrogens with zero attached hydrogens (tertiary/aromatic N) is 2. The number of hydrogen-bond donors (Lipinski definition) is 0. The lowest BCUT2D eigenvalue weighted by Gasteiger charge is -2.40. The zero-order chi connectivity index (χ0) is 17.8. The van der Waals surface area contributed by atoms with E-state index in [9.17, 15) is 9.00 Å². The van der Waals surface area contributed by atoms with Crippen molar-refractivity contribution in [3.8, 4) is 0 Å². The van der Waals surface area contributed by atoms with Gasteiger partial charge in [-0.15, -0.1) is 0 Å². The van der Waals surface area contributed by atoms with Crippen LogP contribution in [0.2, 0.25) is 0 Å². The van der Waals surface area contributed by atoms with Gasteiger partial charge in [0.25, 0.3) is 11.9 Å². The molecule has 6 nitrogen and oxygen atoms in total. The van der Waals surface area contributed by atoms with Gasteiger partial charge in [0.2, 0.25) is 0 Å². The van der Waals surface area contributed by atoms with Crippen LogP contribution in [0.15, 0.2) is 29.3 Å². The summed E-state index contributed by atoms with van der Waals surface area (Å²) in [6.07, 6.45) is 2.72. The maximum absolute atomic E-state index is 12.5. The molecular weight excluding hydrogens is 352 g/mol. The van der Waals surface area contributed by atoms with Crippen LogP contribution in [0.1, 0.15) is 36.8 Å². The molecule has 0 bridgehead atoms. The maximum Gasteiger partial charge on any atom is 0.296 e. The molecule has 0 saturated carbocycles. The molecule has 26 heavy (non-hydrogen) atoms. The summed E-state index contributed by atoms with van der Waals surface area (Å²) < 4.78 is 23.9. The third-order valence-corrected chi connectivity index (χ3v) is 7.51. The Morgan fingerprint density at radius 1 is 1.04 bits per heavy atom. The van der Waals surface area contributed by atoms with Gasteiger partial charge in [0.15, 0.2) is 5.60 Å². The van der Waals surface area contributed by atoms with Crippen LogP contribution in [0.4, 0.5) is 0 Å². The molecule has 0 atom stereocenters. The Labute approximate surface area is 155 Å². The van der Waals surface area contributed by atoms with Crippen molar-refractivity contribution in [1.82, 2.24) is 4.90 Å². The smallest absolute Gasteiger partial charge is 0.296 e. The van der Waals surface area contributed by atoms with Crippen LogP contribution in [0.25, 0.3) is 0 Å². The fraction of sp³-hybridized carbons (Fsp3) is 0.579. The monoisotopic (exact) mass is 374 g/mol. The molecule has 1 amide bonds. The van der Waals surface area contributed by atoms with E-state index in [4.69, 9.17) is 9.47 Å². The van der Waals surface area contributed by atoms with E-state index < -0.39 is 16.4 Å². The number of benzene rings is 1. The van der Waals surface area contributed by atoms with Crippen LogP contribution in [-0.2, 0) is 37.3 Å². The summed E-state index contributed by atoms with van der Waals surface area (Å²) in [6, 6.07) is 8.88. The number of amides is 1. The van der Waals surface area contributed by atoms with Crippen molar-refractivity contribution >= 4 is 22.7 Å². The van der Waals surface area contributed by atoms with Crippen LogP contribution >= 0.6 is 0 Å². The fourth-order valence-electron chi connectivity index (χ4n) is 4.52. The third-order valence-electron chi connectivity index (χ3n) is 6.19. The number of likely N-dealkylation sites (tertiary alicyclic amines) is 1. The Morgan fingerprint density at radius 3 is 2.54 bits per heavy atom. The number of rotatable bonds is 0. The molecule has 1 aromatic carbocycles. The Hall–Kier alpha value is -1.73. The molecule has 0 radical (unpaired) electrons. The zero-order valence-electron chi connectivity index (χ0n) is 14.6. The molecule has 1 aromatic rings. The molecule has 2 spiro atoms. The highest BCUT2D eigenvalue weighted by Crippen LogP contribution is 2.44. The molecule has 4 aliphatic rings. The molecule has 2 saturated heterocycles. The molecule has 4 aliphatic heterocycles. The number of ether oxygens (including phenoxy) is 2. The number of piperidine rings is 1. The van der Waals surface area contributed by atoms with Crippen molar-refractivity contribution in [2.45, 2.75) is 43.5 Å². The van der Waals surface area contributed by atoms with Gasteiger partial charge >= 0.3 is 0 Å². The number of aliphatic imine (C=N–C) groups is 1. The first-order valence-electron chi connectivity index (χ1n) is 9.25. The van der Waals surface area contributed by atoms with Gasteiger partial charge in [-0.25, -0.2) is 0 Å². The summed E-state index contributed by atoms with van der Waals surface area (Å²) in [6.45, 7) is 2.18. The Bertz CT molecular complexity index is 804. The number of fused-ring (bicyclic) bond motifs is 2. The minimum Gasteiger partial charge on any atom is -0.448 e. The van der Waals surface area contributed by atoms with E-state index in [1.165, 1.54) is 11.1 Å². The second-order valence-corrected chi connectivity index (χ2v) is 9.27. The van der Waals surface area contributed by atoms with Crippen molar-refractivity contribution in [2.75, 3.05) is 24.6 Å². The summed E-state index contributed by atoms with van der Waals surface area (Å²) in [4.78, 5) is 18.7. The topological polar surface area (TPSA) is 68.2 Å². The van der Waals surface area contributed by atoms with E-state index in [0.29, 0.717) is 37.0 Å². The molecule has 0 unspecified atom stereocenters. The van der Waals surface area contributed by atoms with Gasteiger partial charge in [-0.2, -0.15) is 4.99 Å². The summed E-state index contributed by atoms with van der Waals surface area (Å²) >= 11 is 0. The summed E-state index contributed by atoms with van der Waals surface area (Å²) in [5.41, 5.74) is 1.50. The SMILES string of the molecule is O=C1N=C(N2CCC3(CC2)OCc2ccccc23)OC12CCS(=O)CC2. The van der Waals surface area contributed by atoms with Crippen molar-refractivity contribution < 1.29 is 18.5 Å². The minimum absolute atomic E-state index is 0.202. The van der Waals surface area contributed by atoms with Crippen molar-refractivity contribution in [3.05, 3.63) is 35.4 Å². The quantitative estimate of drug-likeness (QED) is 0.691. The average Bonchev–Trinajstić information content (AvgIpc) is 3.18. The zero-order valence-corrected chi connectivity index (χ0v) is 15.4. The largest absolute Gasteiger partial charge is 0.448 e. The lowest BCUT2D eigenvalue weighted by atomic mass is 9.84. The second-order valence-electron chi connectivity index (χ2n) is 7.57. The average molecular weight is 374 g/mol. The van der Waals surface area contributed by atoms with Crippen molar-refractivity contribution in [2.24, 2.45) is 4.99 Å². The lowest BCUT2D eigenvalue weighted by molar-refractivity contribution is -0.131. The lowest BCUT2D eigenvalue weighted by Crippen LogP contribution is -2.48. The van der Waals surface area contributed by atoms with Crippen molar-refractivity contribution in [1.29, 1.82) is 0 Å². The molecular formula is C19H22N2O4S. The number of carbonyl (C=O) groups is 1. The fourth-order valence-corrected chi connectivity index (χ4v) is 5.84. The first kappa shape index (κ1) is 16.4. The second kappa shape index (κ2) is 5.89. The van der Waals surface area contributed by atoms with Crippen molar-refractivity contribution in [3.63, 3.8) is 0 Å². The number of carbonyl (C=O) groups excluding carboxylic acids is 1. The van der Waals surface area contributed by atoms with Crippen LogP contribution in [-0.4, -0.2) is 51.2 Å². The first-order valence-corrected chi connectivity index (χ1v) is 10.7. The maximum atomic E-state index is 12.5. The standard InChI is InChI=1S/C19H22N2O4S/c22-16-19(7-11-26(23)12-8-19)25-17(20-16)21-9-5-18(6-10-21)15-4-2-1-3-14(15)13-24-18/h1-4H,5-13H2. The van der Waals surface area contributed by atoms with Gasteiger partial charge < -0.3 is 14.4 Å². The van der Waals surface area contributed by atoms with Crippen LogP contribution < -0.4 is 0 Å². The highest BCUT2D eigenvalue weighted by molar-refractivity contribution is 7.85. The van der Waals surface area contributed by atoms with E-state index in [-0.39, 0.29) is 11.5 Å². The summed E-state index contributed by atoms with van der Waals surface area (Å²) in [7, 11) is -0.833. The summed E-state index contributed by atoms with van der Waals surface area (Å²) in [5.74, 6) is 0.830. The summed E-state index contributed by atoms with van der Waals surface area (Å²) in [5, 5.41) is 0. The highest BCUT2D eigenvalue weighted by atomic mass is 32.2. The Balaban J connectivity index is 1.29. The normalized spacial score (nSPS) is 32.6. The van der Waals surface area contributed by atoms with Crippen LogP contribution in [0.3, 0.4) is 0 Å². The predicted molar refractivity (Wildman–Crippen MR) is 97.1 cm³/mol. The number of amidine groups is 1. The molecule has 0 aliphatic carbocycles. The van der Waals surface area contributed by atoms with Gasteiger partial charge in [-0.05, 0) is 24.0 Å². The highest BCUT2D eigenvalue weighted by Gasteiger charge is 2.51. The van der Waals surface area contributed by atoms with Crippen LogP contribution in [0.5, 0.6) is 0 Å². The number of hydrogen-bond acceptors (Lipinski definition) is 5. The predicted octanol–water partition coefficient (Wildman–Crippen LogP) is 1.70. The van der Waals surface area contributed by atoms with E-state index in [2.05, 4.69) is 34.2 Å². The van der Waals surface area contributed by atoms with E-state index in [1.807, 2.05) is 0 Å². The molecule has 5 rings (SSSR count). The third kappa shape index (κ3) is 2.44. The Morgan fingerprint density at radius 2 is 1.77 bits per heavy atom. The molecule has 7 heteroatoms. The Kier molecular flexibility index (Phi) is 3.72. The van der Waals surface area contributed by atoms with Gasteiger partial charge in [-0.3, -0.25) is 9.00 Å². The molecule has 4 heterocycles. The van der Waals surface area contributed by atoms with Gasteiger partial charge in [0.1, 0.15) is 0 Å². The van der Waals surface area contributed by atoms with E-state index >= 15 is 0 Å². The molecule has 0 aromatic heterocycles.